The number of carbonyl (C=O) groups is 1. The Morgan fingerprint density at radius 3 is 1.80 bits per heavy atom. The first kappa shape index (κ1) is 35.4. The number of halogens is 2. The molecule has 9 nitrogen and oxygen atoms in total. The molecule has 0 aliphatic carbocycles. The van der Waals surface area contributed by atoms with Crippen LogP contribution in [-0.2, 0) is 11.3 Å². The largest absolute Gasteiger partial charge is 1.00 e. The number of nitrogens with zero attached hydrogens (tertiary/aromatic N) is 2. The van der Waals surface area contributed by atoms with Crippen molar-refractivity contribution in [2.24, 2.45) is 0 Å². The van der Waals surface area contributed by atoms with E-state index >= 15 is 0 Å². The molecule has 0 aliphatic heterocycles. The van der Waals surface area contributed by atoms with E-state index in [1.165, 1.54) is 25.3 Å². The molecular weight excluding hydrogens is 706 g/mol. The normalized spacial score (nSPS) is 10.5. The molecule has 0 unspecified atom stereocenters. The van der Waals surface area contributed by atoms with Crippen molar-refractivity contribution in [3.63, 3.8) is 0 Å². The fraction of sp³-hybridized carbons (Fsp3) is 0.129. The summed E-state index contributed by atoms with van der Waals surface area (Å²) in [7, 11) is 1.26. The van der Waals surface area contributed by atoms with Gasteiger partial charge in [0.25, 0.3) is 0 Å². The number of benzene rings is 4. The van der Waals surface area contributed by atoms with E-state index in [1.807, 2.05) is 50.2 Å². The van der Waals surface area contributed by atoms with Crippen LogP contribution in [0, 0.1) is 13.8 Å². The number of phenolic OH excluding ortho intramolecular Hbond substituents is 1. The zero-order chi connectivity index (χ0) is 30.1. The predicted octanol–water partition coefficient (Wildman–Crippen LogP) is 3.75. The Morgan fingerprint density at radius 2 is 1.32 bits per heavy atom. The van der Waals surface area contributed by atoms with E-state index in [4.69, 9.17) is 13.9 Å². The number of aromatic hydroxyl groups is 2. The summed E-state index contributed by atoms with van der Waals surface area (Å²) in [6.45, 7) is 3.69. The van der Waals surface area contributed by atoms with E-state index in [1.54, 1.807) is 6.07 Å². The SMILES string of the molecule is COC(=O)c1cc2nc(-c3cccc(Br)c3C)oc2cc1O.Cc1c(Br)cccc1-c1nc2cc(CO)c(O)cc2o1.[AlH3].[H-].[Li+]. The fourth-order valence-electron chi connectivity index (χ4n) is 4.28. The number of ether oxygens (including phenoxy) is 1. The third-order valence-corrected chi connectivity index (χ3v) is 8.38. The molecule has 2 aromatic heterocycles. The first-order chi connectivity index (χ1) is 20.1. The number of hydrogen-bond acceptors (Lipinski definition) is 9. The Morgan fingerprint density at radius 1 is 0.841 bits per heavy atom. The fourth-order valence-corrected chi connectivity index (χ4v) is 5.01. The molecule has 0 aliphatic rings. The van der Waals surface area contributed by atoms with Gasteiger partial charge >= 0.3 is 24.8 Å². The standard InChI is InChI=1S/C16H12BrNO4.C15H12BrNO3.Al.Li.4H/c1-8-9(4-3-5-11(8)17)15-18-12-6-10(16(20)21-2)13(19)7-14(12)22-15;1-8-10(3-2-4-11(8)16)15-17-12-5-9(7-18)13(19)6-14(12)20-15;;;;;;/h3-7,19H,1-2H3;2-6,18-19H,7H2,1H3;;;;;;/q;;;+1;;;;-1. The Labute approximate surface area is 293 Å². The number of carbonyl (C=O) groups excluding carboxylic acids is 1. The maximum atomic E-state index is 11.6. The number of hydrogen-bond donors (Lipinski definition) is 3. The zero-order valence-corrected chi connectivity index (χ0v) is 26.8. The molecule has 0 saturated carbocycles. The van der Waals surface area contributed by atoms with E-state index in [0.29, 0.717) is 39.5 Å². The molecule has 0 amide bonds. The van der Waals surface area contributed by atoms with Crippen LogP contribution in [0.25, 0.3) is 45.1 Å². The quantitative estimate of drug-likeness (QED) is 0.183. The average Bonchev–Trinajstić information content (AvgIpc) is 3.58. The molecule has 6 rings (SSSR count). The van der Waals surface area contributed by atoms with Gasteiger partial charge in [-0.2, -0.15) is 0 Å². The minimum absolute atomic E-state index is 0. The van der Waals surface area contributed by atoms with Gasteiger partial charge in [-0.15, -0.1) is 0 Å². The van der Waals surface area contributed by atoms with E-state index in [2.05, 4.69) is 46.6 Å². The monoisotopic (exact) mass is 732 g/mol. The third-order valence-electron chi connectivity index (χ3n) is 6.67. The molecule has 222 valence electrons. The van der Waals surface area contributed by atoms with Gasteiger partial charge in [0.15, 0.2) is 28.5 Å². The Bertz CT molecular complexity index is 1980. The van der Waals surface area contributed by atoms with Crippen LogP contribution >= 0.6 is 31.9 Å². The maximum Gasteiger partial charge on any atom is 1.00 e. The molecule has 0 atom stereocenters. The Hall–Kier alpha value is -3.06. The van der Waals surface area contributed by atoms with Gasteiger partial charge in [-0.3, -0.25) is 0 Å². The number of fused-ring (bicyclic) bond motifs is 2. The van der Waals surface area contributed by atoms with Crippen LogP contribution in [0.1, 0.15) is 28.5 Å². The van der Waals surface area contributed by atoms with Gasteiger partial charge in [0.05, 0.1) is 13.7 Å². The summed E-state index contributed by atoms with van der Waals surface area (Å²) in [4.78, 5) is 20.4. The van der Waals surface area contributed by atoms with Crippen LogP contribution in [-0.4, -0.2) is 55.7 Å². The summed E-state index contributed by atoms with van der Waals surface area (Å²) in [5, 5.41) is 28.8. The van der Waals surface area contributed by atoms with Gasteiger partial charge in [-0.05, 0) is 61.4 Å². The van der Waals surface area contributed by atoms with Crippen LogP contribution in [0.3, 0.4) is 0 Å². The molecule has 0 saturated heterocycles. The van der Waals surface area contributed by atoms with Crippen LogP contribution < -0.4 is 18.9 Å². The van der Waals surface area contributed by atoms with Crippen LogP contribution in [0.4, 0.5) is 0 Å². The van der Waals surface area contributed by atoms with Gasteiger partial charge in [0.2, 0.25) is 11.8 Å². The van der Waals surface area contributed by atoms with Crippen molar-refractivity contribution in [3.8, 4) is 34.4 Å². The first-order valence-corrected chi connectivity index (χ1v) is 14.2. The van der Waals surface area contributed by atoms with E-state index in [0.717, 1.165) is 31.2 Å². The number of esters is 1. The van der Waals surface area contributed by atoms with Gasteiger partial charge in [0, 0.05) is 37.8 Å². The summed E-state index contributed by atoms with van der Waals surface area (Å²) >= 11 is 6.95. The molecule has 0 spiro atoms. The third kappa shape index (κ3) is 7.09. The number of phenols is 2. The summed E-state index contributed by atoms with van der Waals surface area (Å²) in [5.74, 6) is 0.104. The van der Waals surface area contributed by atoms with Crippen LogP contribution in [0.15, 0.2) is 78.4 Å². The predicted molar refractivity (Wildman–Crippen MR) is 175 cm³/mol. The smallest absolute Gasteiger partial charge is 1.00 e. The number of aromatic nitrogens is 2. The van der Waals surface area contributed by atoms with Crippen molar-refractivity contribution >= 4 is 77.4 Å². The molecule has 44 heavy (non-hydrogen) atoms. The molecular formula is C31H28AlBr2LiN2O7. The molecule has 3 N–H and O–H groups in total. The van der Waals surface area contributed by atoms with Gasteiger partial charge in [-0.25, -0.2) is 14.8 Å². The van der Waals surface area contributed by atoms with E-state index < -0.39 is 5.97 Å². The van der Waals surface area contributed by atoms with Crippen molar-refractivity contribution < 1.29 is 54.0 Å². The van der Waals surface area contributed by atoms with Crippen molar-refractivity contribution in [3.05, 3.63) is 91.9 Å². The molecule has 0 fully saturated rings. The zero-order valence-electron chi connectivity index (χ0n) is 24.6. The number of methoxy groups -OCH3 is 1. The van der Waals surface area contributed by atoms with Crippen molar-refractivity contribution in [1.82, 2.24) is 9.97 Å². The van der Waals surface area contributed by atoms with Gasteiger partial charge in [-0.1, -0.05) is 44.0 Å². The number of aliphatic hydroxyl groups excluding tert-OH is 1. The summed E-state index contributed by atoms with van der Waals surface area (Å²) in [5.41, 5.74) is 6.23. The summed E-state index contributed by atoms with van der Waals surface area (Å²) < 4.78 is 18.0. The Kier molecular flexibility index (Phi) is 11.9. The van der Waals surface area contributed by atoms with Crippen LogP contribution in [0.2, 0.25) is 0 Å². The molecule has 13 heteroatoms. The average molecular weight is 734 g/mol. The van der Waals surface area contributed by atoms with Gasteiger partial charge in [0.1, 0.15) is 28.1 Å². The number of aliphatic hydroxyl groups is 1. The number of oxazole rings is 2. The number of rotatable bonds is 4. The molecule has 0 bridgehead atoms. The Balaban J connectivity index is 0.000000295. The van der Waals surface area contributed by atoms with Crippen LogP contribution in [0.5, 0.6) is 11.5 Å². The topological polar surface area (TPSA) is 139 Å². The molecule has 6 aromatic rings. The second kappa shape index (κ2) is 14.8. The van der Waals surface area contributed by atoms with E-state index in [-0.39, 0.29) is 61.3 Å². The molecule has 0 radical (unpaired) electrons. The second-order valence-corrected chi connectivity index (χ2v) is 11.0. The second-order valence-electron chi connectivity index (χ2n) is 9.30. The van der Waals surface area contributed by atoms with Crippen molar-refractivity contribution in [2.75, 3.05) is 7.11 Å². The molecule has 2 heterocycles. The van der Waals surface area contributed by atoms with Gasteiger partial charge < -0.3 is 30.3 Å². The minimum Gasteiger partial charge on any atom is -1.00 e. The summed E-state index contributed by atoms with van der Waals surface area (Å²) in [6.07, 6.45) is 0. The summed E-state index contributed by atoms with van der Waals surface area (Å²) in [6, 6.07) is 17.4. The molecule has 4 aromatic carbocycles. The van der Waals surface area contributed by atoms with Crippen molar-refractivity contribution in [1.29, 1.82) is 0 Å². The first-order valence-electron chi connectivity index (χ1n) is 12.6. The minimum atomic E-state index is -0.623. The maximum absolute atomic E-state index is 11.6. The van der Waals surface area contributed by atoms with Crippen molar-refractivity contribution in [2.45, 2.75) is 20.5 Å². The van der Waals surface area contributed by atoms with E-state index in [9.17, 15) is 15.0 Å².